The SMILES string of the molecule is C#Cc1cccc(NC(=O)CN(C)C(=O)c2ccc(OCCCC)c(OC)c2)c1. The zero-order valence-electron chi connectivity index (χ0n) is 17.0. The topological polar surface area (TPSA) is 67.9 Å². The number of carbonyl (C=O) groups is 2. The van der Waals surface area contributed by atoms with Gasteiger partial charge in [0.25, 0.3) is 5.91 Å². The van der Waals surface area contributed by atoms with Crippen molar-refractivity contribution in [1.82, 2.24) is 4.90 Å². The number of hydrogen-bond acceptors (Lipinski definition) is 4. The van der Waals surface area contributed by atoms with E-state index in [0.717, 1.165) is 12.8 Å². The first kappa shape index (κ1) is 21.8. The van der Waals surface area contributed by atoms with E-state index in [-0.39, 0.29) is 18.4 Å². The quantitative estimate of drug-likeness (QED) is 0.522. The first-order valence-electron chi connectivity index (χ1n) is 9.41. The second-order valence-corrected chi connectivity index (χ2v) is 6.50. The van der Waals surface area contributed by atoms with E-state index in [1.54, 1.807) is 49.5 Å². The molecule has 0 heterocycles. The minimum Gasteiger partial charge on any atom is -0.493 e. The van der Waals surface area contributed by atoms with E-state index >= 15 is 0 Å². The van der Waals surface area contributed by atoms with E-state index in [9.17, 15) is 9.59 Å². The van der Waals surface area contributed by atoms with Crippen LogP contribution in [0.25, 0.3) is 0 Å². The lowest BCUT2D eigenvalue weighted by Crippen LogP contribution is -2.34. The summed E-state index contributed by atoms with van der Waals surface area (Å²) < 4.78 is 11.0. The van der Waals surface area contributed by atoms with Gasteiger partial charge in [0.1, 0.15) is 0 Å². The Morgan fingerprint density at radius 2 is 1.97 bits per heavy atom. The standard InChI is InChI=1S/C23H26N2O4/c1-5-7-13-29-20-12-11-18(15-21(20)28-4)23(27)25(3)16-22(26)24-19-10-8-9-17(6-2)14-19/h2,8-12,14-15H,5,7,13,16H2,1,3-4H3,(H,24,26). The molecule has 1 N–H and O–H groups in total. The van der Waals surface area contributed by atoms with Crippen LogP contribution in [0.1, 0.15) is 35.7 Å². The zero-order chi connectivity index (χ0) is 21.2. The van der Waals surface area contributed by atoms with Crippen LogP contribution in [0, 0.1) is 12.3 Å². The molecule has 152 valence electrons. The molecule has 6 heteroatoms. The molecule has 0 fully saturated rings. The first-order chi connectivity index (χ1) is 14.0. The van der Waals surface area contributed by atoms with E-state index in [4.69, 9.17) is 15.9 Å². The highest BCUT2D eigenvalue weighted by Crippen LogP contribution is 2.28. The summed E-state index contributed by atoms with van der Waals surface area (Å²) in [5, 5.41) is 2.74. The van der Waals surface area contributed by atoms with Gasteiger partial charge < -0.3 is 19.7 Å². The third kappa shape index (κ3) is 6.28. The van der Waals surface area contributed by atoms with Crippen molar-refractivity contribution in [2.24, 2.45) is 0 Å². The van der Waals surface area contributed by atoms with Crippen molar-refractivity contribution < 1.29 is 19.1 Å². The Kier molecular flexibility index (Phi) is 8.11. The van der Waals surface area contributed by atoms with Gasteiger partial charge in [0.15, 0.2) is 11.5 Å². The number of hydrogen-bond donors (Lipinski definition) is 1. The summed E-state index contributed by atoms with van der Waals surface area (Å²) in [4.78, 5) is 26.3. The number of amides is 2. The smallest absolute Gasteiger partial charge is 0.254 e. The van der Waals surface area contributed by atoms with Gasteiger partial charge in [-0.25, -0.2) is 0 Å². The number of terminal acetylenes is 1. The summed E-state index contributed by atoms with van der Waals surface area (Å²) in [5.74, 6) is 2.97. The van der Waals surface area contributed by atoms with Crippen molar-refractivity contribution in [2.75, 3.05) is 32.6 Å². The van der Waals surface area contributed by atoms with Crippen LogP contribution >= 0.6 is 0 Å². The van der Waals surface area contributed by atoms with Crippen LogP contribution in [0.2, 0.25) is 0 Å². The van der Waals surface area contributed by atoms with Crippen molar-refractivity contribution in [3.8, 4) is 23.8 Å². The number of methoxy groups -OCH3 is 1. The Morgan fingerprint density at radius 3 is 2.66 bits per heavy atom. The second kappa shape index (κ2) is 10.8. The zero-order valence-corrected chi connectivity index (χ0v) is 17.0. The third-order valence-corrected chi connectivity index (χ3v) is 4.21. The maximum absolute atomic E-state index is 12.7. The van der Waals surface area contributed by atoms with Crippen LogP contribution in [0.15, 0.2) is 42.5 Å². The lowest BCUT2D eigenvalue weighted by atomic mass is 10.1. The molecule has 0 saturated carbocycles. The molecule has 0 aromatic heterocycles. The summed E-state index contributed by atoms with van der Waals surface area (Å²) in [6.45, 7) is 2.57. The minimum absolute atomic E-state index is 0.101. The summed E-state index contributed by atoms with van der Waals surface area (Å²) >= 11 is 0. The van der Waals surface area contributed by atoms with Crippen molar-refractivity contribution in [1.29, 1.82) is 0 Å². The summed E-state index contributed by atoms with van der Waals surface area (Å²) in [5.41, 5.74) is 1.66. The van der Waals surface area contributed by atoms with E-state index in [1.807, 2.05) is 0 Å². The molecule has 2 amide bonds. The molecule has 0 aliphatic heterocycles. The van der Waals surface area contributed by atoms with E-state index < -0.39 is 0 Å². The van der Waals surface area contributed by atoms with Gasteiger partial charge in [0.05, 0.1) is 20.3 Å². The highest BCUT2D eigenvalue weighted by atomic mass is 16.5. The Labute approximate surface area is 171 Å². The number of unbranched alkanes of at least 4 members (excludes halogenated alkanes) is 1. The van der Waals surface area contributed by atoms with Gasteiger partial charge in [-0.15, -0.1) is 6.42 Å². The van der Waals surface area contributed by atoms with Crippen molar-refractivity contribution in [3.05, 3.63) is 53.6 Å². The second-order valence-electron chi connectivity index (χ2n) is 6.50. The fourth-order valence-electron chi connectivity index (χ4n) is 2.64. The number of anilines is 1. The molecule has 0 unspecified atom stereocenters. The van der Waals surface area contributed by atoms with Gasteiger partial charge >= 0.3 is 0 Å². The molecular weight excluding hydrogens is 368 g/mol. The van der Waals surface area contributed by atoms with Gasteiger partial charge in [-0.05, 0) is 42.8 Å². The van der Waals surface area contributed by atoms with Crippen LogP contribution < -0.4 is 14.8 Å². The van der Waals surface area contributed by atoms with Crippen LogP contribution in [0.5, 0.6) is 11.5 Å². The summed E-state index contributed by atoms with van der Waals surface area (Å²) in [6, 6.07) is 12.0. The van der Waals surface area contributed by atoms with Gasteiger partial charge in [-0.3, -0.25) is 9.59 Å². The number of carbonyl (C=O) groups excluding carboxylic acids is 2. The lowest BCUT2D eigenvalue weighted by molar-refractivity contribution is -0.116. The number of likely N-dealkylation sites (N-methyl/N-ethyl adjacent to an activating group) is 1. The molecule has 0 atom stereocenters. The van der Waals surface area contributed by atoms with Crippen molar-refractivity contribution >= 4 is 17.5 Å². The highest BCUT2D eigenvalue weighted by Gasteiger charge is 2.17. The Hall–Kier alpha value is -3.46. The fraction of sp³-hybridized carbons (Fsp3) is 0.304. The normalized spacial score (nSPS) is 10.0. The van der Waals surface area contributed by atoms with E-state index in [2.05, 4.69) is 18.2 Å². The highest BCUT2D eigenvalue weighted by molar-refractivity contribution is 5.99. The molecule has 0 radical (unpaired) electrons. The van der Waals surface area contributed by atoms with Gasteiger partial charge in [-0.1, -0.05) is 25.3 Å². The average Bonchev–Trinajstić information content (AvgIpc) is 2.73. The lowest BCUT2D eigenvalue weighted by Gasteiger charge is -2.18. The number of ether oxygens (including phenoxy) is 2. The van der Waals surface area contributed by atoms with Crippen LogP contribution in [-0.2, 0) is 4.79 Å². The molecule has 29 heavy (non-hydrogen) atoms. The largest absolute Gasteiger partial charge is 0.493 e. The predicted octanol–water partition coefficient (Wildman–Crippen LogP) is 3.57. The first-order valence-corrected chi connectivity index (χ1v) is 9.41. The minimum atomic E-state index is -0.318. The molecule has 2 aromatic rings. The van der Waals surface area contributed by atoms with E-state index in [0.29, 0.717) is 34.9 Å². The molecule has 0 bridgehead atoms. The van der Waals surface area contributed by atoms with Gasteiger partial charge in [0.2, 0.25) is 5.91 Å². The van der Waals surface area contributed by atoms with E-state index in [1.165, 1.54) is 12.0 Å². The molecular formula is C23H26N2O4. The molecule has 6 nitrogen and oxygen atoms in total. The van der Waals surface area contributed by atoms with Crippen molar-refractivity contribution in [3.63, 3.8) is 0 Å². The maximum Gasteiger partial charge on any atom is 0.254 e. The fourth-order valence-corrected chi connectivity index (χ4v) is 2.64. The Morgan fingerprint density at radius 1 is 1.17 bits per heavy atom. The Bertz CT molecular complexity index is 902. The molecule has 2 aromatic carbocycles. The van der Waals surface area contributed by atoms with Gasteiger partial charge in [-0.2, -0.15) is 0 Å². The molecule has 0 spiro atoms. The number of benzene rings is 2. The summed E-state index contributed by atoms with van der Waals surface area (Å²) in [6.07, 6.45) is 7.33. The van der Waals surface area contributed by atoms with Crippen LogP contribution in [-0.4, -0.2) is 44.0 Å². The number of nitrogens with one attached hydrogen (secondary N) is 1. The average molecular weight is 394 g/mol. The molecule has 0 aliphatic carbocycles. The van der Waals surface area contributed by atoms with Crippen LogP contribution in [0.4, 0.5) is 5.69 Å². The summed E-state index contributed by atoms with van der Waals surface area (Å²) in [7, 11) is 3.09. The van der Waals surface area contributed by atoms with Crippen LogP contribution in [0.3, 0.4) is 0 Å². The number of rotatable bonds is 9. The third-order valence-electron chi connectivity index (χ3n) is 4.21. The monoisotopic (exact) mass is 394 g/mol. The Balaban J connectivity index is 2.01. The molecule has 2 rings (SSSR count). The predicted molar refractivity (Wildman–Crippen MR) is 113 cm³/mol. The molecule has 0 aliphatic rings. The maximum atomic E-state index is 12.7. The molecule has 0 saturated heterocycles. The van der Waals surface area contributed by atoms with Gasteiger partial charge in [0, 0.05) is 23.9 Å². The van der Waals surface area contributed by atoms with Crippen molar-refractivity contribution in [2.45, 2.75) is 19.8 Å². The number of nitrogens with zero attached hydrogens (tertiary/aromatic N) is 1.